The van der Waals surface area contributed by atoms with Gasteiger partial charge in [-0.1, -0.05) is 6.58 Å². The van der Waals surface area contributed by atoms with Gasteiger partial charge < -0.3 is 10.6 Å². The Morgan fingerprint density at radius 3 is 2.50 bits per heavy atom. The van der Waals surface area contributed by atoms with Crippen LogP contribution in [0, 0.1) is 0 Å². The van der Waals surface area contributed by atoms with Gasteiger partial charge in [0.25, 0.3) is 0 Å². The molecule has 0 aromatic heterocycles. The summed E-state index contributed by atoms with van der Waals surface area (Å²) in [5.74, 6) is -0.0366. The Hall–Kier alpha value is -0.830. The summed E-state index contributed by atoms with van der Waals surface area (Å²) in [6.45, 7) is 6.30. The summed E-state index contributed by atoms with van der Waals surface area (Å²) in [6, 6.07) is 0. The highest BCUT2D eigenvalue weighted by Gasteiger charge is 2.06. The molecule has 0 unspecified atom stereocenters. The number of nitrogens with zero attached hydrogens (tertiary/aromatic N) is 1. The fraction of sp³-hybridized carbons (Fsp3) is 0.571. The molecule has 0 fully saturated rings. The molecular weight excluding hydrogens is 128 g/mol. The average molecular weight is 142 g/mol. The minimum absolute atomic E-state index is 0.0366. The largest absolute Gasteiger partial charge is 0.341 e. The first-order chi connectivity index (χ1) is 4.59. The molecule has 3 heteroatoms. The van der Waals surface area contributed by atoms with Crippen LogP contribution in [0.15, 0.2) is 12.2 Å². The number of nitrogens with two attached hydrogens (primary N) is 1. The molecule has 2 N–H and O–H groups in total. The third-order valence-electron chi connectivity index (χ3n) is 1.18. The lowest BCUT2D eigenvalue weighted by Gasteiger charge is -2.14. The zero-order valence-corrected chi connectivity index (χ0v) is 6.55. The molecule has 0 aliphatic heterocycles. The van der Waals surface area contributed by atoms with Gasteiger partial charge in [-0.25, -0.2) is 0 Å². The molecule has 0 saturated carbocycles. The molecule has 0 aromatic rings. The predicted octanol–water partition coefficient (Wildman–Crippen LogP) is -0.0204. The number of rotatable bonds is 3. The first kappa shape index (κ1) is 9.17. The van der Waals surface area contributed by atoms with Gasteiger partial charge in [-0.3, -0.25) is 4.79 Å². The number of likely N-dealkylation sites (N-methyl/N-ethyl adjacent to an activating group) is 1. The van der Waals surface area contributed by atoms with Crippen LogP contribution in [0.2, 0.25) is 0 Å². The van der Waals surface area contributed by atoms with Crippen LogP contribution in [0.5, 0.6) is 0 Å². The van der Waals surface area contributed by atoms with Crippen LogP contribution in [0.1, 0.15) is 6.92 Å². The van der Waals surface area contributed by atoms with Gasteiger partial charge in [0.05, 0.1) is 0 Å². The van der Waals surface area contributed by atoms with Crippen LogP contribution in [-0.2, 0) is 4.79 Å². The first-order valence-electron chi connectivity index (χ1n) is 3.20. The van der Waals surface area contributed by atoms with Crippen molar-refractivity contribution >= 4 is 5.91 Å². The Bertz CT molecular complexity index is 143. The minimum Gasteiger partial charge on any atom is -0.341 e. The van der Waals surface area contributed by atoms with Gasteiger partial charge in [0.2, 0.25) is 5.91 Å². The van der Waals surface area contributed by atoms with Crippen LogP contribution >= 0.6 is 0 Å². The van der Waals surface area contributed by atoms with Crippen LogP contribution in [0.3, 0.4) is 0 Å². The average Bonchev–Trinajstić information content (AvgIpc) is 1.87. The fourth-order valence-corrected chi connectivity index (χ4v) is 0.621. The maximum atomic E-state index is 11.0. The number of amides is 1. The van der Waals surface area contributed by atoms with Crippen molar-refractivity contribution in [2.45, 2.75) is 6.92 Å². The van der Waals surface area contributed by atoms with E-state index < -0.39 is 0 Å². The molecule has 0 atom stereocenters. The van der Waals surface area contributed by atoms with E-state index >= 15 is 0 Å². The third-order valence-corrected chi connectivity index (χ3v) is 1.18. The molecule has 0 rings (SSSR count). The number of hydrogen-bond acceptors (Lipinski definition) is 2. The summed E-state index contributed by atoms with van der Waals surface area (Å²) in [6.07, 6.45) is 0. The molecule has 0 spiro atoms. The molecule has 0 aliphatic carbocycles. The molecule has 0 aromatic carbocycles. The Morgan fingerprint density at radius 1 is 1.70 bits per heavy atom. The van der Waals surface area contributed by atoms with E-state index in [1.54, 1.807) is 18.9 Å². The molecular formula is C7H14N2O. The number of hydrogen-bond donors (Lipinski definition) is 1. The standard InChI is InChI=1S/C7H14N2O/c1-6(2)7(10)9(3)5-4-8/h1,4-5,8H2,2-3H3. The molecule has 0 bridgehead atoms. The van der Waals surface area contributed by atoms with Gasteiger partial charge in [0.15, 0.2) is 0 Å². The molecule has 0 radical (unpaired) electrons. The van der Waals surface area contributed by atoms with Crippen molar-refractivity contribution < 1.29 is 4.79 Å². The van der Waals surface area contributed by atoms with Crippen molar-refractivity contribution in [1.82, 2.24) is 4.90 Å². The number of carbonyl (C=O) groups is 1. The highest BCUT2D eigenvalue weighted by molar-refractivity contribution is 5.91. The highest BCUT2D eigenvalue weighted by Crippen LogP contribution is 1.93. The minimum atomic E-state index is -0.0366. The summed E-state index contributed by atoms with van der Waals surface area (Å²) in [4.78, 5) is 12.6. The Labute approximate surface area is 61.5 Å². The Kier molecular flexibility index (Phi) is 3.72. The van der Waals surface area contributed by atoms with Crippen LogP contribution in [0.25, 0.3) is 0 Å². The molecule has 58 valence electrons. The fourth-order valence-electron chi connectivity index (χ4n) is 0.621. The summed E-state index contributed by atoms with van der Waals surface area (Å²) in [5.41, 5.74) is 5.80. The van der Waals surface area contributed by atoms with Crippen LogP contribution in [0.4, 0.5) is 0 Å². The second-order valence-corrected chi connectivity index (χ2v) is 2.30. The third kappa shape index (κ3) is 2.64. The maximum Gasteiger partial charge on any atom is 0.248 e. The second kappa shape index (κ2) is 4.06. The molecule has 0 saturated heterocycles. The summed E-state index contributed by atoms with van der Waals surface area (Å²) < 4.78 is 0. The molecule has 0 aliphatic rings. The zero-order valence-electron chi connectivity index (χ0n) is 6.55. The first-order valence-corrected chi connectivity index (χ1v) is 3.20. The van der Waals surface area contributed by atoms with Gasteiger partial charge >= 0.3 is 0 Å². The van der Waals surface area contributed by atoms with Gasteiger partial charge in [0.1, 0.15) is 0 Å². The lowest BCUT2D eigenvalue weighted by Crippen LogP contribution is -2.31. The van der Waals surface area contributed by atoms with Crippen molar-refractivity contribution in [1.29, 1.82) is 0 Å². The SMILES string of the molecule is C=C(C)C(=O)N(C)CCN. The van der Waals surface area contributed by atoms with Gasteiger partial charge in [-0.05, 0) is 6.92 Å². The van der Waals surface area contributed by atoms with Crippen LogP contribution < -0.4 is 5.73 Å². The molecule has 10 heavy (non-hydrogen) atoms. The zero-order chi connectivity index (χ0) is 8.15. The highest BCUT2D eigenvalue weighted by atomic mass is 16.2. The predicted molar refractivity (Wildman–Crippen MR) is 41.5 cm³/mol. The summed E-state index contributed by atoms with van der Waals surface area (Å²) >= 11 is 0. The van der Waals surface area contributed by atoms with Gasteiger partial charge in [0, 0.05) is 25.7 Å². The topological polar surface area (TPSA) is 46.3 Å². The van der Waals surface area contributed by atoms with E-state index in [2.05, 4.69) is 6.58 Å². The van der Waals surface area contributed by atoms with Crippen molar-refractivity contribution in [3.63, 3.8) is 0 Å². The van der Waals surface area contributed by atoms with Crippen molar-refractivity contribution in [2.75, 3.05) is 20.1 Å². The van der Waals surface area contributed by atoms with E-state index in [9.17, 15) is 4.79 Å². The Morgan fingerprint density at radius 2 is 2.20 bits per heavy atom. The van der Waals surface area contributed by atoms with E-state index in [0.29, 0.717) is 18.7 Å². The second-order valence-electron chi connectivity index (χ2n) is 2.30. The maximum absolute atomic E-state index is 11.0. The van der Waals surface area contributed by atoms with E-state index in [4.69, 9.17) is 5.73 Å². The molecule has 3 nitrogen and oxygen atoms in total. The monoisotopic (exact) mass is 142 g/mol. The summed E-state index contributed by atoms with van der Waals surface area (Å²) in [5, 5.41) is 0. The lowest BCUT2D eigenvalue weighted by molar-refractivity contribution is -0.125. The van der Waals surface area contributed by atoms with E-state index in [-0.39, 0.29) is 5.91 Å². The van der Waals surface area contributed by atoms with Crippen molar-refractivity contribution in [2.24, 2.45) is 5.73 Å². The smallest absolute Gasteiger partial charge is 0.248 e. The van der Waals surface area contributed by atoms with E-state index in [0.717, 1.165) is 0 Å². The van der Waals surface area contributed by atoms with Gasteiger partial charge in [-0.15, -0.1) is 0 Å². The van der Waals surface area contributed by atoms with Gasteiger partial charge in [-0.2, -0.15) is 0 Å². The number of carbonyl (C=O) groups excluding carboxylic acids is 1. The summed E-state index contributed by atoms with van der Waals surface area (Å²) in [7, 11) is 1.71. The van der Waals surface area contributed by atoms with E-state index in [1.807, 2.05) is 0 Å². The quantitative estimate of drug-likeness (QED) is 0.563. The van der Waals surface area contributed by atoms with Crippen LogP contribution in [-0.4, -0.2) is 30.9 Å². The Balaban J connectivity index is 3.82. The van der Waals surface area contributed by atoms with Crippen molar-refractivity contribution in [3.05, 3.63) is 12.2 Å². The van der Waals surface area contributed by atoms with Crippen molar-refractivity contribution in [3.8, 4) is 0 Å². The lowest BCUT2D eigenvalue weighted by atomic mass is 10.3. The normalized spacial score (nSPS) is 9.10. The molecule has 0 heterocycles. The van der Waals surface area contributed by atoms with E-state index in [1.165, 1.54) is 0 Å². The molecule has 1 amide bonds.